The first-order valence-electron chi connectivity index (χ1n) is 21.7. The summed E-state index contributed by atoms with van der Waals surface area (Å²) in [5, 5.41) is 51.3. The molecule has 0 saturated heterocycles. The number of hydrogen-bond donors (Lipinski definition) is 14. The zero-order chi connectivity index (χ0) is 51.2. The van der Waals surface area contributed by atoms with Crippen molar-refractivity contribution in [2.75, 3.05) is 19.7 Å². The van der Waals surface area contributed by atoms with E-state index in [9.17, 15) is 68.1 Å². The maximum atomic E-state index is 13.7. The van der Waals surface area contributed by atoms with E-state index in [0.29, 0.717) is 0 Å². The Hall–Kier alpha value is -5.95. The van der Waals surface area contributed by atoms with Crippen molar-refractivity contribution >= 4 is 65.0 Å². The Morgan fingerprint density at radius 1 is 0.485 bits per heavy atom. The Morgan fingerprint density at radius 2 is 0.909 bits per heavy atom. The van der Waals surface area contributed by atoms with E-state index in [1.54, 1.807) is 55.4 Å². The molecule has 16 N–H and O–H groups in total. The Bertz CT molecular complexity index is 1710. The van der Waals surface area contributed by atoms with E-state index in [1.807, 2.05) is 0 Å². The first-order valence-corrected chi connectivity index (χ1v) is 21.7. The van der Waals surface area contributed by atoms with Crippen LogP contribution in [0.15, 0.2) is 0 Å². The van der Waals surface area contributed by atoms with Gasteiger partial charge in [0.2, 0.25) is 59.1 Å². The molecule has 25 nitrogen and oxygen atoms in total. The number of carboxylic acid groups (broad SMARTS) is 1. The average Bonchev–Trinajstić information content (AvgIpc) is 3.20. The second-order valence-electron chi connectivity index (χ2n) is 17.6. The van der Waals surface area contributed by atoms with Gasteiger partial charge in [0.05, 0.1) is 32.2 Å². The molecule has 0 aromatic heterocycles. The minimum absolute atomic E-state index is 0.0112. The number of nitrogens with two attached hydrogens (primary N) is 2. The van der Waals surface area contributed by atoms with Crippen molar-refractivity contribution in [3.05, 3.63) is 0 Å². The molecule has 0 aromatic rings. The molecule has 66 heavy (non-hydrogen) atoms. The number of aliphatic hydroxyl groups excluding tert-OH is 2. The highest BCUT2D eigenvalue weighted by Crippen LogP contribution is 2.11. The van der Waals surface area contributed by atoms with Crippen LogP contribution in [0.25, 0.3) is 0 Å². The monoisotopic (exact) mass is 944 g/mol. The molecular weight excluding hydrogens is 871 g/mol. The molecule has 0 aliphatic carbocycles. The third-order valence-corrected chi connectivity index (χ3v) is 9.56. The summed E-state index contributed by atoms with van der Waals surface area (Å²) in [5.74, 6) is -11.6. The minimum Gasteiger partial charge on any atom is -0.480 e. The fourth-order valence-electron chi connectivity index (χ4n) is 6.15. The fourth-order valence-corrected chi connectivity index (χ4v) is 6.15. The zero-order valence-electron chi connectivity index (χ0n) is 39.4. The number of rotatable bonds is 30. The lowest BCUT2D eigenvalue weighted by Crippen LogP contribution is -2.61. The number of carboxylic acids is 1. The highest BCUT2D eigenvalue weighted by molar-refractivity contribution is 5.98. The standard InChI is InChI=1S/C41H73N11O14/c1-18(2)11-24(46-31(57)16-44-35(59)28(17-53)50-39(63)32(21(7)8)51-34(58)22(9)45-30(56)15-42)36(60)47-25(12-19(3)4)38(62)52-33(23(10)54)40(64)48-26(14-29(43)55)37(61)49-27(41(65)66)13-20(5)6/h18-28,32-33,53-54H,11-17,42H2,1-10H3,(H2,43,55)(H,44,59)(H,45,56)(H,46,57)(H,47,60)(H,48,64)(H,49,61)(H,50,63)(H,51,58)(H,52,62)(H,65,66)/t22-,23+,24-,25-,26-,27-,28-,32-,33-/m0/s1. The zero-order valence-corrected chi connectivity index (χ0v) is 39.4. The van der Waals surface area contributed by atoms with Gasteiger partial charge in [-0.1, -0.05) is 55.4 Å². The summed E-state index contributed by atoms with van der Waals surface area (Å²) in [6, 6.07) is -11.3. The second kappa shape index (κ2) is 29.6. The molecule has 0 fully saturated rings. The molecule has 0 spiro atoms. The van der Waals surface area contributed by atoms with Gasteiger partial charge in [0, 0.05) is 0 Å². The molecular formula is C41H73N11O14. The Labute approximate surface area is 384 Å². The predicted octanol–water partition coefficient (Wildman–Crippen LogP) is -4.91. The molecule has 0 radical (unpaired) electrons. The maximum Gasteiger partial charge on any atom is 0.326 e. The summed E-state index contributed by atoms with van der Waals surface area (Å²) in [5.41, 5.74) is 10.6. The van der Waals surface area contributed by atoms with Gasteiger partial charge in [-0.05, 0) is 56.8 Å². The highest BCUT2D eigenvalue weighted by atomic mass is 16.4. The predicted molar refractivity (Wildman–Crippen MR) is 237 cm³/mol. The van der Waals surface area contributed by atoms with Crippen molar-refractivity contribution in [1.29, 1.82) is 0 Å². The molecule has 9 atom stereocenters. The lowest BCUT2D eigenvalue weighted by molar-refractivity contribution is -0.143. The van der Waals surface area contributed by atoms with Gasteiger partial charge in [-0.3, -0.25) is 47.9 Å². The van der Waals surface area contributed by atoms with Crippen molar-refractivity contribution in [2.45, 2.75) is 149 Å². The summed E-state index contributed by atoms with van der Waals surface area (Å²) in [7, 11) is 0. The number of carbonyl (C=O) groups excluding carboxylic acids is 10. The van der Waals surface area contributed by atoms with E-state index in [2.05, 4.69) is 47.9 Å². The smallest absolute Gasteiger partial charge is 0.326 e. The highest BCUT2D eigenvalue weighted by Gasteiger charge is 2.36. The number of aliphatic hydroxyl groups is 2. The van der Waals surface area contributed by atoms with Crippen LogP contribution in [-0.4, -0.2) is 154 Å². The third kappa shape index (κ3) is 22.8. The van der Waals surface area contributed by atoms with E-state index in [-0.39, 0.29) is 43.6 Å². The van der Waals surface area contributed by atoms with E-state index in [4.69, 9.17) is 11.5 Å². The van der Waals surface area contributed by atoms with Gasteiger partial charge in [0.1, 0.15) is 48.3 Å². The molecule has 0 heterocycles. The fraction of sp³-hybridized carbons (Fsp3) is 0.732. The lowest BCUT2D eigenvalue weighted by Gasteiger charge is -2.28. The van der Waals surface area contributed by atoms with Gasteiger partial charge in [-0.2, -0.15) is 0 Å². The largest absolute Gasteiger partial charge is 0.480 e. The van der Waals surface area contributed by atoms with Crippen molar-refractivity contribution < 1.29 is 68.1 Å². The molecule has 376 valence electrons. The Balaban J connectivity index is 6.02. The summed E-state index contributed by atoms with van der Waals surface area (Å²) in [6.45, 7) is 14.1. The van der Waals surface area contributed by atoms with Crippen LogP contribution in [0.3, 0.4) is 0 Å². The maximum absolute atomic E-state index is 13.7. The Kier molecular flexibility index (Phi) is 26.9. The first-order chi connectivity index (χ1) is 30.5. The van der Waals surface area contributed by atoms with Gasteiger partial charge >= 0.3 is 5.97 Å². The summed E-state index contributed by atoms with van der Waals surface area (Å²) in [6.07, 6.45) is -2.33. The van der Waals surface area contributed by atoms with Gasteiger partial charge < -0.3 is 74.6 Å². The van der Waals surface area contributed by atoms with E-state index < -0.39 is 145 Å². The van der Waals surface area contributed by atoms with Crippen molar-refractivity contribution in [3.8, 4) is 0 Å². The van der Waals surface area contributed by atoms with Gasteiger partial charge in [0.25, 0.3) is 0 Å². The van der Waals surface area contributed by atoms with Crippen LogP contribution >= 0.6 is 0 Å². The second-order valence-corrected chi connectivity index (χ2v) is 17.6. The molecule has 0 aliphatic heterocycles. The summed E-state index contributed by atoms with van der Waals surface area (Å²) < 4.78 is 0. The number of primary amides is 1. The van der Waals surface area contributed by atoms with Crippen LogP contribution in [0.4, 0.5) is 0 Å². The number of aliphatic carboxylic acids is 1. The number of hydrogen-bond acceptors (Lipinski definition) is 14. The van der Waals surface area contributed by atoms with Crippen molar-refractivity contribution in [1.82, 2.24) is 47.9 Å². The van der Waals surface area contributed by atoms with Gasteiger partial charge in [0.15, 0.2) is 0 Å². The topological polar surface area (TPSA) is 409 Å². The molecule has 0 unspecified atom stereocenters. The number of nitrogens with one attached hydrogen (secondary N) is 9. The molecule has 10 amide bonds. The van der Waals surface area contributed by atoms with E-state index >= 15 is 0 Å². The lowest BCUT2D eigenvalue weighted by atomic mass is 9.99. The number of carbonyl (C=O) groups is 11. The number of amides is 10. The summed E-state index contributed by atoms with van der Waals surface area (Å²) in [4.78, 5) is 141. The van der Waals surface area contributed by atoms with Gasteiger partial charge in [-0.25, -0.2) is 4.79 Å². The van der Waals surface area contributed by atoms with Crippen LogP contribution in [0.5, 0.6) is 0 Å². The Morgan fingerprint density at radius 3 is 1.36 bits per heavy atom. The van der Waals surface area contributed by atoms with Gasteiger partial charge in [-0.15, -0.1) is 0 Å². The third-order valence-electron chi connectivity index (χ3n) is 9.56. The van der Waals surface area contributed by atoms with Crippen LogP contribution in [0.1, 0.15) is 94.9 Å². The van der Waals surface area contributed by atoms with Crippen LogP contribution in [0.2, 0.25) is 0 Å². The van der Waals surface area contributed by atoms with Crippen LogP contribution < -0.4 is 59.3 Å². The average molecular weight is 944 g/mol. The molecule has 0 aromatic carbocycles. The molecule has 0 aliphatic rings. The first kappa shape index (κ1) is 60.1. The quantitative estimate of drug-likeness (QED) is 0.0321. The van der Waals surface area contributed by atoms with Crippen LogP contribution in [0, 0.1) is 23.7 Å². The molecule has 0 rings (SSSR count). The molecule has 25 heteroatoms. The molecule has 0 saturated carbocycles. The van der Waals surface area contributed by atoms with Crippen LogP contribution in [-0.2, 0) is 52.7 Å². The van der Waals surface area contributed by atoms with E-state index in [0.717, 1.165) is 6.92 Å². The van der Waals surface area contributed by atoms with Crippen molar-refractivity contribution in [3.63, 3.8) is 0 Å². The summed E-state index contributed by atoms with van der Waals surface area (Å²) >= 11 is 0. The minimum atomic E-state index is -1.77. The molecule has 0 bridgehead atoms. The SMILES string of the molecule is CC(C)C[C@H](NC(=O)[C@H](CC(N)=O)NC(=O)[C@@H](NC(=O)[C@H](CC(C)C)NC(=O)[C@H](CC(C)C)NC(=O)CNC(=O)[C@H](CO)NC(=O)[C@@H](NC(=O)[C@H](C)NC(=O)CN)C(C)C)[C@@H](C)O)C(=O)O. The normalized spacial score (nSPS) is 15.3. The van der Waals surface area contributed by atoms with Crippen molar-refractivity contribution in [2.24, 2.45) is 35.1 Å². The van der Waals surface area contributed by atoms with E-state index in [1.165, 1.54) is 6.92 Å².